The number of rotatable bonds is 2. The van der Waals surface area contributed by atoms with Gasteiger partial charge in [0.15, 0.2) is 0 Å². The molecule has 1 N–H and O–H groups in total. The average Bonchev–Trinajstić information content (AvgIpc) is 2.47. The molecule has 21 heavy (non-hydrogen) atoms. The quantitative estimate of drug-likeness (QED) is 0.638. The Morgan fingerprint density at radius 3 is 2.33 bits per heavy atom. The molecule has 3 rings (SSSR count). The van der Waals surface area contributed by atoms with Crippen molar-refractivity contribution in [3.63, 3.8) is 0 Å². The Labute approximate surface area is 135 Å². The van der Waals surface area contributed by atoms with E-state index in [1.165, 1.54) is 6.07 Å². The van der Waals surface area contributed by atoms with Gasteiger partial charge in [-0.25, -0.2) is 4.39 Å². The molecule has 3 aromatic carbocycles. The van der Waals surface area contributed by atoms with Crippen LogP contribution in [-0.2, 0) is 0 Å². The van der Waals surface area contributed by atoms with Crippen LogP contribution in [0.3, 0.4) is 0 Å². The zero-order chi connectivity index (χ0) is 15.0. The monoisotopic (exact) mass is 364 g/mol. The first-order valence-corrected chi connectivity index (χ1v) is 7.55. The van der Waals surface area contributed by atoms with Gasteiger partial charge in [0.2, 0.25) is 0 Å². The van der Waals surface area contributed by atoms with Crippen molar-refractivity contribution in [3.05, 3.63) is 81.0 Å². The highest BCUT2D eigenvalue weighted by Gasteiger charge is 2.17. The Bertz CT molecular complexity index is 819. The summed E-state index contributed by atoms with van der Waals surface area (Å²) in [5.41, 5.74) is 1.23. The molecule has 0 aliphatic heterocycles. The van der Waals surface area contributed by atoms with Crippen molar-refractivity contribution in [2.75, 3.05) is 0 Å². The average molecular weight is 366 g/mol. The lowest BCUT2D eigenvalue weighted by atomic mass is 9.95. The third-order valence-corrected chi connectivity index (χ3v) is 4.28. The van der Waals surface area contributed by atoms with Crippen molar-refractivity contribution in [1.29, 1.82) is 0 Å². The van der Waals surface area contributed by atoms with Gasteiger partial charge in [-0.05, 0) is 29.1 Å². The number of aliphatic hydroxyl groups excluding tert-OH is 1. The highest BCUT2D eigenvalue weighted by Crippen LogP contribution is 2.34. The fourth-order valence-corrected chi connectivity index (χ4v) is 3.19. The molecule has 1 nitrogen and oxygen atoms in total. The van der Waals surface area contributed by atoms with Gasteiger partial charge in [-0.3, -0.25) is 0 Å². The summed E-state index contributed by atoms with van der Waals surface area (Å²) in [6, 6.07) is 15.4. The van der Waals surface area contributed by atoms with Crippen LogP contribution in [0, 0.1) is 5.82 Å². The Morgan fingerprint density at radius 1 is 0.952 bits per heavy atom. The number of aliphatic hydroxyl groups is 1. The molecule has 0 saturated carbocycles. The summed E-state index contributed by atoms with van der Waals surface area (Å²) < 4.78 is 14.7. The Morgan fingerprint density at radius 2 is 1.62 bits per heavy atom. The van der Waals surface area contributed by atoms with Crippen LogP contribution in [0.4, 0.5) is 4.39 Å². The van der Waals surface area contributed by atoms with Crippen LogP contribution >= 0.6 is 27.5 Å². The van der Waals surface area contributed by atoms with Crippen molar-refractivity contribution >= 4 is 38.3 Å². The molecule has 0 bridgehead atoms. The maximum absolute atomic E-state index is 13.9. The first-order valence-electron chi connectivity index (χ1n) is 6.38. The predicted octanol–water partition coefficient (Wildman–Crippen LogP) is 5.48. The lowest BCUT2D eigenvalue weighted by molar-refractivity contribution is 0.222. The van der Waals surface area contributed by atoms with Crippen LogP contribution in [0.5, 0.6) is 0 Å². The molecular weight excluding hydrogens is 355 g/mol. The molecule has 0 amide bonds. The largest absolute Gasteiger partial charge is 0.384 e. The third kappa shape index (κ3) is 2.69. The number of halogens is 3. The fraction of sp³-hybridized carbons (Fsp3) is 0.0588. The van der Waals surface area contributed by atoms with Gasteiger partial charge in [0.25, 0.3) is 0 Å². The molecule has 0 aromatic heterocycles. The summed E-state index contributed by atoms with van der Waals surface area (Å²) >= 11 is 9.53. The second-order valence-corrected chi connectivity index (χ2v) is 6.07. The molecule has 0 radical (unpaired) electrons. The van der Waals surface area contributed by atoms with Gasteiger partial charge in [0.05, 0.1) is 0 Å². The van der Waals surface area contributed by atoms with Crippen LogP contribution in [0.15, 0.2) is 59.1 Å². The van der Waals surface area contributed by atoms with E-state index < -0.39 is 6.10 Å². The summed E-state index contributed by atoms with van der Waals surface area (Å²) in [7, 11) is 0. The normalized spacial score (nSPS) is 12.6. The van der Waals surface area contributed by atoms with E-state index in [0.717, 1.165) is 4.47 Å². The summed E-state index contributed by atoms with van der Waals surface area (Å²) in [6.07, 6.45) is -0.906. The van der Waals surface area contributed by atoms with Crippen molar-refractivity contribution in [1.82, 2.24) is 0 Å². The number of hydrogen-bond donors (Lipinski definition) is 1. The lowest BCUT2D eigenvalue weighted by Crippen LogP contribution is -2.02. The van der Waals surface area contributed by atoms with E-state index >= 15 is 0 Å². The number of benzene rings is 3. The minimum absolute atomic E-state index is 0.302. The van der Waals surface area contributed by atoms with Crippen molar-refractivity contribution in [2.45, 2.75) is 6.10 Å². The van der Waals surface area contributed by atoms with E-state index in [4.69, 9.17) is 11.6 Å². The fourth-order valence-electron chi connectivity index (χ4n) is 2.41. The first-order chi connectivity index (χ1) is 10.1. The van der Waals surface area contributed by atoms with Crippen LogP contribution in [0.2, 0.25) is 5.02 Å². The smallest absolute Gasteiger partial charge is 0.131 e. The van der Waals surface area contributed by atoms with E-state index in [9.17, 15) is 9.50 Å². The summed E-state index contributed by atoms with van der Waals surface area (Å²) in [5, 5.41) is 12.3. The molecule has 0 aliphatic carbocycles. The van der Waals surface area contributed by atoms with Crippen LogP contribution in [0.1, 0.15) is 17.2 Å². The second-order valence-electron chi connectivity index (χ2n) is 4.75. The van der Waals surface area contributed by atoms with E-state index in [1.54, 1.807) is 36.4 Å². The standard InChI is InChI=1S/C17H11BrClFO/c18-10-5-6-14(15(19)9-10)17(21)13-7-8-16(20)12-4-2-1-3-11(12)13/h1-9,17,21H. The van der Waals surface area contributed by atoms with Gasteiger partial charge in [-0.2, -0.15) is 0 Å². The maximum atomic E-state index is 13.9. The number of hydrogen-bond acceptors (Lipinski definition) is 1. The minimum Gasteiger partial charge on any atom is -0.384 e. The highest BCUT2D eigenvalue weighted by molar-refractivity contribution is 9.10. The molecule has 1 unspecified atom stereocenters. The molecule has 1 atom stereocenters. The molecular formula is C17H11BrClFO. The molecule has 0 heterocycles. The van der Waals surface area contributed by atoms with E-state index in [2.05, 4.69) is 15.9 Å². The van der Waals surface area contributed by atoms with Crippen LogP contribution in [-0.4, -0.2) is 5.11 Å². The van der Waals surface area contributed by atoms with E-state index in [1.807, 2.05) is 12.1 Å². The number of fused-ring (bicyclic) bond motifs is 1. The molecule has 3 aromatic rings. The molecule has 4 heteroatoms. The lowest BCUT2D eigenvalue weighted by Gasteiger charge is -2.16. The van der Waals surface area contributed by atoms with E-state index in [0.29, 0.717) is 26.9 Å². The van der Waals surface area contributed by atoms with Gasteiger partial charge < -0.3 is 5.11 Å². The highest BCUT2D eigenvalue weighted by atomic mass is 79.9. The van der Waals surface area contributed by atoms with Gasteiger partial charge >= 0.3 is 0 Å². The second kappa shape index (κ2) is 5.76. The van der Waals surface area contributed by atoms with Gasteiger partial charge in [0.1, 0.15) is 11.9 Å². The third-order valence-electron chi connectivity index (χ3n) is 3.46. The van der Waals surface area contributed by atoms with Gasteiger partial charge in [-0.15, -0.1) is 0 Å². The van der Waals surface area contributed by atoms with Crippen LogP contribution in [0.25, 0.3) is 10.8 Å². The van der Waals surface area contributed by atoms with Crippen LogP contribution < -0.4 is 0 Å². The topological polar surface area (TPSA) is 20.2 Å². The Hall–Kier alpha value is -1.42. The molecule has 0 fully saturated rings. The van der Waals surface area contributed by atoms with Gasteiger partial charge in [0, 0.05) is 20.4 Å². The Kier molecular flexibility index (Phi) is 3.98. The van der Waals surface area contributed by atoms with Crippen molar-refractivity contribution in [3.8, 4) is 0 Å². The summed E-state index contributed by atoms with van der Waals surface area (Å²) in [5.74, 6) is -0.302. The van der Waals surface area contributed by atoms with Gasteiger partial charge in [-0.1, -0.05) is 63.9 Å². The Balaban J connectivity index is 2.18. The molecule has 0 aliphatic rings. The van der Waals surface area contributed by atoms with E-state index in [-0.39, 0.29) is 5.82 Å². The first kappa shape index (κ1) is 14.5. The SMILES string of the molecule is OC(c1ccc(Br)cc1Cl)c1ccc(F)c2ccccc12. The van der Waals surface area contributed by atoms with Crippen molar-refractivity contribution < 1.29 is 9.50 Å². The zero-order valence-corrected chi connectivity index (χ0v) is 13.2. The molecule has 0 saturated heterocycles. The minimum atomic E-state index is -0.906. The summed E-state index contributed by atoms with van der Waals surface area (Å²) in [4.78, 5) is 0. The van der Waals surface area contributed by atoms with Crippen molar-refractivity contribution in [2.24, 2.45) is 0 Å². The molecule has 106 valence electrons. The maximum Gasteiger partial charge on any atom is 0.131 e. The predicted molar refractivity (Wildman–Crippen MR) is 87.1 cm³/mol. The zero-order valence-electron chi connectivity index (χ0n) is 10.9. The summed E-state index contributed by atoms with van der Waals surface area (Å²) in [6.45, 7) is 0. The molecule has 0 spiro atoms.